The summed E-state index contributed by atoms with van der Waals surface area (Å²) in [5.41, 5.74) is 0.767. The van der Waals surface area contributed by atoms with Crippen LogP contribution < -0.4 is 5.32 Å². The molecule has 0 fully saturated rings. The Bertz CT molecular complexity index is 982. The molecule has 4 nitrogen and oxygen atoms in total. The van der Waals surface area contributed by atoms with Gasteiger partial charge in [-0.1, -0.05) is 28.1 Å². The van der Waals surface area contributed by atoms with Crippen LogP contribution in [-0.2, 0) is 9.59 Å². The van der Waals surface area contributed by atoms with Gasteiger partial charge in [-0.15, -0.1) is 0 Å². The maximum atomic E-state index is 14.0. The van der Waals surface area contributed by atoms with E-state index in [4.69, 9.17) is 0 Å². The van der Waals surface area contributed by atoms with Crippen molar-refractivity contribution in [1.29, 1.82) is 0 Å². The van der Waals surface area contributed by atoms with Crippen molar-refractivity contribution in [1.82, 2.24) is 0 Å². The highest BCUT2D eigenvalue weighted by atomic mass is 79.9. The largest absolute Gasteiger partial charge is 0.389 e. The number of hydrogen-bond acceptors (Lipinski definition) is 4. The normalized spacial score (nSPS) is 24.3. The maximum absolute atomic E-state index is 14.0. The van der Waals surface area contributed by atoms with Crippen molar-refractivity contribution >= 4 is 33.2 Å². The van der Waals surface area contributed by atoms with Gasteiger partial charge in [0.2, 0.25) is 0 Å². The summed E-state index contributed by atoms with van der Waals surface area (Å²) < 4.78 is 14.9. The second-order valence-electron chi connectivity index (χ2n) is 7.74. The summed E-state index contributed by atoms with van der Waals surface area (Å²) in [7, 11) is 0. The van der Waals surface area contributed by atoms with Crippen LogP contribution in [0.3, 0.4) is 0 Å². The first-order valence-corrected chi connectivity index (χ1v) is 10.1. The van der Waals surface area contributed by atoms with Crippen LogP contribution in [0.15, 0.2) is 64.3 Å². The van der Waals surface area contributed by atoms with Crippen LogP contribution in [-0.4, -0.2) is 22.3 Å². The minimum absolute atomic E-state index is 0.105. The van der Waals surface area contributed by atoms with Crippen molar-refractivity contribution in [2.24, 2.45) is 5.92 Å². The molecule has 0 unspecified atom stereocenters. The maximum Gasteiger partial charge on any atom is 0.158 e. The molecule has 2 N–H and O–H groups in total. The number of benzene rings is 2. The van der Waals surface area contributed by atoms with Gasteiger partial charge in [-0.2, -0.15) is 0 Å². The average molecular weight is 460 g/mol. The van der Waals surface area contributed by atoms with E-state index in [1.165, 1.54) is 26.0 Å². The Morgan fingerprint density at radius 1 is 1.17 bits per heavy atom. The molecule has 0 amide bonds. The summed E-state index contributed by atoms with van der Waals surface area (Å²) in [5.74, 6) is -2.53. The van der Waals surface area contributed by atoms with Crippen LogP contribution in [0.1, 0.15) is 38.7 Å². The zero-order valence-electron chi connectivity index (χ0n) is 16.5. The van der Waals surface area contributed by atoms with Gasteiger partial charge in [0, 0.05) is 33.8 Å². The van der Waals surface area contributed by atoms with Crippen molar-refractivity contribution in [3.63, 3.8) is 0 Å². The minimum atomic E-state index is -1.40. The first kappa shape index (κ1) is 21.4. The summed E-state index contributed by atoms with van der Waals surface area (Å²) in [6, 6.07) is 13.3. The first-order chi connectivity index (χ1) is 13.6. The lowest BCUT2D eigenvalue weighted by Gasteiger charge is -2.43. The van der Waals surface area contributed by atoms with E-state index in [1.54, 1.807) is 19.1 Å². The molecule has 0 spiro atoms. The molecular formula is C23H23BrFNO3. The SMILES string of the molecule is CC(=O)C1=C(Nc2ccc(Br)cc2)C[C@@](C)(O)[C@H](C(C)=O)[C@@H]1c1cccc(F)c1. The van der Waals surface area contributed by atoms with E-state index in [9.17, 15) is 19.1 Å². The van der Waals surface area contributed by atoms with E-state index in [-0.39, 0.29) is 18.0 Å². The number of allylic oxidation sites excluding steroid dienone is 1. The molecule has 1 aliphatic rings. The summed E-state index contributed by atoms with van der Waals surface area (Å²) >= 11 is 3.39. The number of hydrogen-bond donors (Lipinski definition) is 2. The van der Waals surface area contributed by atoms with E-state index in [0.29, 0.717) is 16.8 Å². The lowest BCUT2D eigenvalue weighted by Crippen LogP contribution is -2.48. The quantitative estimate of drug-likeness (QED) is 0.660. The summed E-state index contributed by atoms with van der Waals surface area (Å²) in [5, 5.41) is 14.4. The van der Waals surface area contributed by atoms with Gasteiger partial charge < -0.3 is 10.4 Å². The Kier molecular flexibility index (Phi) is 6.05. The van der Waals surface area contributed by atoms with Gasteiger partial charge in [-0.3, -0.25) is 9.59 Å². The third-order valence-corrected chi connectivity index (χ3v) is 5.87. The first-order valence-electron chi connectivity index (χ1n) is 9.35. The highest BCUT2D eigenvalue weighted by Gasteiger charge is 2.49. The molecule has 1 aliphatic carbocycles. The van der Waals surface area contributed by atoms with E-state index in [2.05, 4.69) is 21.2 Å². The van der Waals surface area contributed by atoms with E-state index < -0.39 is 23.3 Å². The van der Waals surface area contributed by atoms with Gasteiger partial charge in [0.1, 0.15) is 11.6 Å². The lowest BCUT2D eigenvalue weighted by molar-refractivity contribution is -0.131. The number of Topliss-reactive ketones (excluding diaryl/α,β-unsaturated/α-hetero) is 2. The summed E-state index contributed by atoms with van der Waals surface area (Å²) in [6.07, 6.45) is 0.105. The monoisotopic (exact) mass is 459 g/mol. The Hall–Kier alpha value is -2.31. The van der Waals surface area contributed by atoms with Crippen LogP contribution in [0.5, 0.6) is 0 Å². The summed E-state index contributed by atoms with van der Waals surface area (Å²) in [6.45, 7) is 4.42. The number of ketones is 2. The third kappa shape index (κ3) is 4.49. The highest BCUT2D eigenvalue weighted by molar-refractivity contribution is 9.10. The average Bonchev–Trinajstić information content (AvgIpc) is 2.61. The number of carbonyl (C=O) groups is 2. The molecule has 2 aromatic carbocycles. The number of halogens is 2. The smallest absolute Gasteiger partial charge is 0.158 e. The zero-order valence-corrected chi connectivity index (χ0v) is 18.1. The fraction of sp³-hybridized carbons (Fsp3) is 0.304. The molecule has 0 saturated carbocycles. The molecule has 29 heavy (non-hydrogen) atoms. The van der Waals surface area contributed by atoms with Gasteiger partial charge >= 0.3 is 0 Å². The van der Waals surface area contributed by atoms with Crippen molar-refractivity contribution in [2.75, 3.05) is 5.32 Å². The number of aliphatic hydroxyl groups is 1. The van der Waals surface area contributed by atoms with E-state index in [0.717, 1.165) is 10.2 Å². The van der Waals surface area contributed by atoms with Gasteiger partial charge in [0.15, 0.2) is 5.78 Å². The van der Waals surface area contributed by atoms with Gasteiger partial charge in [0.25, 0.3) is 0 Å². The molecule has 0 aliphatic heterocycles. The lowest BCUT2D eigenvalue weighted by atomic mass is 9.64. The molecule has 3 rings (SSSR count). The van der Waals surface area contributed by atoms with Gasteiger partial charge in [-0.25, -0.2) is 4.39 Å². The topological polar surface area (TPSA) is 66.4 Å². The zero-order chi connectivity index (χ0) is 21.3. The fourth-order valence-corrected chi connectivity index (χ4v) is 4.52. The molecule has 152 valence electrons. The predicted molar refractivity (Wildman–Crippen MR) is 114 cm³/mol. The Morgan fingerprint density at radius 2 is 1.83 bits per heavy atom. The number of rotatable bonds is 5. The van der Waals surface area contributed by atoms with Crippen LogP contribution in [0.2, 0.25) is 0 Å². The van der Waals surface area contributed by atoms with Crippen molar-refractivity contribution < 1.29 is 19.1 Å². The molecule has 0 heterocycles. The van der Waals surface area contributed by atoms with E-state index >= 15 is 0 Å². The molecule has 0 bridgehead atoms. The molecule has 0 radical (unpaired) electrons. The molecule has 2 aromatic rings. The Labute approximate surface area is 178 Å². The molecule has 3 atom stereocenters. The molecule has 6 heteroatoms. The fourth-order valence-electron chi connectivity index (χ4n) is 4.26. The number of nitrogens with one attached hydrogen (secondary N) is 1. The minimum Gasteiger partial charge on any atom is -0.389 e. The molecular weight excluding hydrogens is 437 g/mol. The van der Waals surface area contributed by atoms with Crippen LogP contribution in [0.4, 0.5) is 10.1 Å². The van der Waals surface area contributed by atoms with Crippen LogP contribution >= 0.6 is 15.9 Å². The predicted octanol–water partition coefficient (Wildman–Crippen LogP) is 4.99. The molecule has 0 aromatic heterocycles. The summed E-state index contributed by atoms with van der Waals surface area (Å²) in [4.78, 5) is 25.2. The Balaban J connectivity index is 2.21. The Morgan fingerprint density at radius 3 is 2.38 bits per heavy atom. The standard InChI is InChI=1S/C23H23BrFNO3/c1-13(27)20-19(26-18-9-7-16(24)8-10-18)12-23(3,29)22(14(2)28)21(20)15-5-4-6-17(25)11-15/h4-11,21-22,26,29H,12H2,1-3H3/t21-,22-,23-/m1/s1. The van der Waals surface area contributed by atoms with Gasteiger partial charge in [0.05, 0.1) is 11.5 Å². The van der Waals surface area contributed by atoms with Crippen LogP contribution in [0.25, 0.3) is 0 Å². The van der Waals surface area contributed by atoms with Crippen molar-refractivity contribution in [2.45, 2.75) is 38.7 Å². The van der Waals surface area contributed by atoms with Crippen molar-refractivity contribution in [3.8, 4) is 0 Å². The van der Waals surface area contributed by atoms with E-state index in [1.807, 2.05) is 24.3 Å². The van der Waals surface area contributed by atoms with Crippen LogP contribution in [0, 0.1) is 11.7 Å². The van der Waals surface area contributed by atoms with Gasteiger partial charge in [-0.05, 0) is 62.7 Å². The second-order valence-corrected chi connectivity index (χ2v) is 8.65. The third-order valence-electron chi connectivity index (χ3n) is 5.34. The highest BCUT2D eigenvalue weighted by Crippen LogP contribution is 2.47. The second kappa shape index (κ2) is 8.20. The number of carbonyl (C=O) groups excluding carboxylic acids is 2. The van der Waals surface area contributed by atoms with Crippen molar-refractivity contribution in [3.05, 3.63) is 75.7 Å². The number of anilines is 1. The molecule has 0 saturated heterocycles.